The zero-order valence-corrected chi connectivity index (χ0v) is 12.3. The van der Waals surface area contributed by atoms with Crippen molar-refractivity contribution in [2.24, 2.45) is 5.73 Å². The molecule has 0 aliphatic carbocycles. The van der Waals surface area contributed by atoms with E-state index in [2.05, 4.69) is 6.92 Å². The van der Waals surface area contributed by atoms with Gasteiger partial charge in [0.25, 0.3) is 0 Å². The fraction of sp³-hybridized carbons (Fsp3) is 0.176. The van der Waals surface area contributed by atoms with Gasteiger partial charge in [0.15, 0.2) is 0 Å². The van der Waals surface area contributed by atoms with Crippen LogP contribution in [0.15, 0.2) is 42.5 Å². The molecule has 2 rings (SSSR count). The average molecular weight is 283 g/mol. The topological polar surface area (TPSA) is 55.6 Å². The minimum Gasteiger partial charge on any atom is -0.495 e. The van der Waals surface area contributed by atoms with Gasteiger partial charge in [0, 0.05) is 0 Å². The molecule has 0 bridgehead atoms. The van der Waals surface area contributed by atoms with E-state index in [-0.39, 0.29) is 0 Å². The molecule has 2 N–H and O–H groups in total. The zero-order valence-electron chi connectivity index (χ0n) is 12.3. The van der Waals surface area contributed by atoms with Gasteiger partial charge in [-0.15, -0.1) is 0 Å². The molecule has 109 valence electrons. The van der Waals surface area contributed by atoms with Gasteiger partial charge in [-0.1, -0.05) is 24.3 Å². The summed E-state index contributed by atoms with van der Waals surface area (Å²) in [5.41, 5.74) is 8.94. The smallest absolute Gasteiger partial charge is 0.324 e. The maximum atomic E-state index is 12.0. The van der Waals surface area contributed by atoms with Gasteiger partial charge in [0.05, 0.1) is 18.5 Å². The number of nitrogens with zero attached hydrogens (tertiary/aromatic N) is 1. The van der Waals surface area contributed by atoms with E-state index in [0.29, 0.717) is 17.9 Å². The summed E-state index contributed by atoms with van der Waals surface area (Å²) in [7, 11) is 1.57. The second kappa shape index (κ2) is 6.31. The first-order chi connectivity index (χ1) is 10.1. The monoisotopic (exact) mass is 283 g/mol. The molecular formula is C17H19N2O2. The molecule has 2 aromatic carbocycles. The second-order valence-corrected chi connectivity index (χ2v) is 4.72. The lowest BCUT2D eigenvalue weighted by Crippen LogP contribution is -2.32. The highest BCUT2D eigenvalue weighted by atomic mass is 16.5. The number of anilines is 2. The van der Waals surface area contributed by atoms with Crippen LogP contribution in [-0.4, -0.2) is 13.1 Å². The summed E-state index contributed by atoms with van der Waals surface area (Å²) >= 11 is 0. The van der Waals surface area contributed by atoms with E-state index in [9.17, 15) is 4.79 Å². The third-order valence-electron chi connectivity index (χ3n) is 3.35. The minimum absolute atomic E-state index is 0.551. The number of primary amides is 1. The number of hydrogen-bond donors (Lipinski definition) is 1. The van der Waals surface area contributed by atoms with Crippen molar-refractivity contribution in [3.63, 3.8) is 0 Å². The predicted molar refractivity (Wildman–Crippen MR) is 85.0 cm³/mol. The van der Waals surface area contributed by atoms with Gasteiger partial charge in [-0.2, -0.15) is 0 Å². The second-order valence-electron chi connectivity index (χ2n) is 4.72. The Morgan fingerprint density at radius 3 is 2.52 bits per heavy atom. The van der Waals surface area contributed by atoms with Crippen molar-refractivity contribution in [2.75, 3.05) is 12.0 Å². The van der Waals surface area contributed by atoms with Gasteiger partial charge in [-0.3, -0.25) is 4.90 Å². The van der Waals surface area contributed by atoms with Gasteiger partial charge < -0.3 is 10.5 Å². The fourth-order valence-corrected chi connectivity index (χ4v) is 2.24. The molecule has 0 aromatic heterocycles. The number of benzene rings is 2. The van der Waals surface area contributed by atoms with Gasteiger partial charge in [-0.05, 0) is 49.6 Å². The van der Waals surface area contributed by atoms with Crippen LogP contribution in [0.3, 0.4) is 0 Å². The normalized spacial score (nSPS) is 10.2. The highest BCUT2D eigenvalue weighted by Gasteiger charge is 2.20. The van der Waals surface area contributed by atoms with Gasteiger partial charge in [0.2, 0.25) is 0 Å². The third kappa shape index (κ3) is 2.99. The van der Waals surface area contributed by atoms with Crippen LogP contribution in [0.5, 0.6) is 5.75 Å². The van der Waals surface area contributed by atoms with E-state index in [4.69, 9.17) is 10.5 Å². The number of carbonyl (C=O) groups is 1. The lowest BCUT2D eigenvalue weighted by atomic mass is 10.1. The molecule has 4 nitrogen and oxygen atoms in total. The number of amides is 2. The summed E-state index contributed by atoms with van der Waals surface area (Å²) < 4.78 is 5.40. The van der Waals surface area contributed by atoms with Crippen molar-refractivity contribution in [3.05, 3.63) is 60.5 Å². The molecule has 0 spiro atoms. The first kappa shape index (κ1) is 14.9. The van der Waals surface area contributed by atoms with Crippen molar-refractivity contribution in [1.82, 2.24) is 0 Å². The van der Waals surface area contributed by atoms with Crippen LogP contribution in [0.2, 0.25) is 0 Å². The summed E-state index contributed by atoms with van der Waals surface area (Å²) in [5.74, 6) is 0.596. The standard InChI is InChI=1S/C17H19N2O2/c1-4-13-9-10-15(16(11-13)21-3)19(17(18)20)14-8-6-5-7-12(14)2/h5-11H,1,4H2,2-3H3,(H2,18,20). The summed E-state index contributed by atoms with van der Waals surface area (Å²) in [4.78, 5) is 13.4. The van der Waals surface area contributed by atoms with Gasteiger partial charge in [0.1, 0.15) is 5.75 Å². The quantitative estimate of drug-likeness (QED) is 0.932. The first-order valence-corrected chi connectivity index (χ1v) is 6.69. The van der Waals surface area contributed by atoms with Crippen molar-refractivity contribution in [2.45, 2.75) is 13.3 Å². The minimum atomic E-state index is -0.551. The van der Waals surface area contributed by atoms with E-state index < -0.39 is 6.03 Å². The zero-order chi connectivity index (χ0) is 15.4. The molecule has 0 atom stereocenters. The third-order valence-corrected chi connectivity index (χ3v) is 3.35. The number of rotatable bonds is 4. The molecule has 0 fully saturated rings. The molecule has 0 heterocycles. The number of ether oxygens (including phenoxy) is 1. The lowest BCUT2D eigenvalue weighted by molar-refractivity contribution is 0.256. The number of hydrogen-bond acceptors (Lipinski definition) is 2. The molecule has 4 heteroatoms. The van der Waals surface area contributed by atoms with Crippen LogP contribution < -0.4 is 15.4 Å². The van der Waals surface area contributed by atoms with Crippen molar-refractivity contribution in [1.29, 1.82) is 0 Å². The Balaban J connectivity index is 2.59. The Morgan fingerprint density at radius 1 is 1.24 bits per heavy atom. The summed E-state index contributed by atoms with van der Waals surface area (Å²) in [5, 5.41) is 0. The number of para-hydroxylation sites is 1. The molecule has 0 unspecified atom stereocenters. The van der Waals surface area contributed by atoms with Crippen LogP contribution >= 0.6 is 0 Å². The van der Waals surface area contributed by atoms with Crippen LogP contribution in [0.1, 0.15) is 11.1 Å². The van der Waals surface area contributed by atoms with Crippen LogP contribution in [0.25, 0.3) is 0 Å². The molecule has 2 amide bonds. The van der Waals surface area contributed by atoms with Gasteiger partial charge >= 0.3 is 6.03 Å². The molecule has 0 saturated heterocycles. The first-order valence-electron chi connectivity index (χ1n) is 6.69. The maximum absolute atomic E-state index is 12.0. The number of aryl methyl sites for hydroxylation is 1. The molecule has 0 aliphatic rings. The van der Waals surface area contributed by atoms with E-state index in [0.717, 1.165) is 16.8 Å². The summed E-state index contributed by atoms with van der Waals surface area (Å²) in [6.07, 6.45) is 0.650. The predicted octanol–water partition coefficient (Wildman–Crippen LogP) is 3.60. The van der Waals surface area contributed by atoms with Gasteiger partial charge in [-0.25, -0.2) is 4.79 Å². The van der Waals surface area contributed by atoms with E-state index >= 15 is 0 Å². The summed E-state index contributed by atoms with van der Waals surface area (Å²) in [6.45, 7) is 5.79. The molecule has 1 radical (unpaired) electrons. The highest BCUT2D eigenvalue weighted by Crippen LogP contribution is 2.35. The molecule has 21 heavy (non-hydrogen) atoms. The Bertz CT molecular complexity index is 653. The molecule has 0 saturated carbocycles. The van der Waals surface area contributed by atoms with Crippen molar-refractivity contribution >= 4 is 17.4 Å². The number of urea groups is 1. The average Bonchev–Trinajstić information content (AvgIpc) is 2.49. The Kier molecular flexibility index (Phi) is 4.48. The lowest BCUT2D eigenvalue weighted by Gasteiger charge is -2.24. The molecule has 2 aromatic rings. The maximum Gasteiger partial charge on any atom is 0.324 e. The Labute approximate surface area is 125 Å². The van der Waals surface area contributed by atoms with Crippen LogP contribution in [0.4, 0.5) is 16.2 Å². The highest BCUT2D eigenvalue weighted by molar-refractivity contribution is 6.00. The number of nitrogens with two attached hydrogens (primary N) is 1. The fourth-order valence-electron chi connectivity index (χ4n) is 2.24. The van der Waals surface area contributed by atoms with Crippen LogP contribution in [0, 0.1) is 13.8 Å². The van der Waals surface area contributed by atoms with E-state index in [1.165, 1.54) is 4.90 Å². The molecule has 0 aliphatic heterocycles. The number of methoxy groups -OCH3 is 1. The van der Waals surface area contributed by atoms with Crippen molar-refractivity contribution in [3.8, 4) is 5.75 Å². The van der Waals surface area contributed by atoms with E-state index in [1.807, 2.05) is 49.4 Å². The SMILES string of the molecule is [CH2]Cc1ccc(N(C(N)=O)c2ccccc2C)c(OC)c1. The largest absolute Gasteiger partial charge is 0.495 e. The van der Waals surface area contributed by atoms with Crippen molar-refractivity contribution < 1.29 is 9.53 Å². The Hall–Kier alpha value is -2.49. The van der Waals surface area contributed by atoms with E-state index in [1.54, 1.807) is 7.11 Å². The Morgan fingerprint density at radius 2 is 1.95 bits per heavy atom. The number of carbonyl (C=O) groups excluding carboxylic acids is 1. The van der Waals surface area contributed by atoms with Crippen LogP contribution in [-0.2, 0) is 6.42 Å². The molecular weight excluding hydrogens is 264 g/mol. The summed E-state index contributed by atoms with van der Waals surface area (Å²) in [6, 6.07) is 12.6.